The molecule has 2 aliphatic carbocycles. The Kier molecular flexibility index (Phi) is 6.20. The Balaban J connectivity index is 1.55. The summed E-state index contributed by atoms with van der Waals surface area (Å²) < 4.78 is 5.33. The number of likely N-dealkylation sites (tertiary alicyclic amines) is 1. The van der Waals surface area contributed by atoms with E-state index in [2.05, 4.69) is 48.7 Å². The molecule has 2 saturated carbocycles. The van der Waals surface area contributed by atoms with Crippen LogP contribution < -0.4 is 0 Å². The Morgan fingerprint density at radius 2 is 2.03 bits per heavy atom. The van der Waals surface area contributed by atoms with Gasteiger partial charge >= 0.3 is 181 Å². The standard InChI is InChI=1S/C25H33BNO3/c1-3-23(28)30-21-15-27(16-21)22(26)14-25(19-7-5-4-6-8-19)12-11-17(2)24(29)18-9-10-20(25)13-18/h3-8,17-18,20-21,24,29H,1,9-16H2,2H3/t17?,18?,20?,24-,25?/m1/s1. The van der Waals surface area contributed by atoms with Crippen molar-refractivity contribution in [1.29, 1.82) is 0 Å². The number of carbonyl (C=O) groups is 1. The van der Waals surface area contributed by atoms with Crippen LogP contribution in [0.5, 0.6) is 0 Å². The zero-order valence-corrected chi connectivity index (χ0v) is 18.0. The first-order valence-corrected chi connectivity index (χ1v) is 11.4. The summed E-state index contributed by atoms with van der Waals surface area (Å²) in [6, 6.07) is 10.9. The molecular formula is C25H33BNO3. The minimum absolute atomic E-state index is 0.00261. The topological polar surface area (TPSA) is 49.8 Å². The number of benzene rings is 1. The first kappa shape index (κ1) is 21.4. The summed E-state index contributed by atoms with van der Waals surface area (Å²) in [4.78, 5) is 13.6. The van der Waals surface area contributed by atoms with E-state index in [1.807, 2.05) is 0 Å². The number of hydrogen-bond acceptors (Lipinski definition) is 4. The SMILES string of the molecule is [B]=C(CC1(c2ccccc2)CCC(C)[C@@H](O)C2CCC1C2)N1CC(OC(=O)C=C)C1. The van der Waals surface area contributed by atoms with Gasteiger partial charge in [-0.3, -0.25) is 0 Å². The molecule has 5 heteroatoms. The summed E-state index contributed by atoms with van der Waals surface area (Å²) in [5, 5.41) is 10.8. The molecule has 0 aromatic heterocycles. The van der Waals surface area contributed by atoms with Crippen molar-refractivity contribution in [3.63, 3.8) is 0 Å². The van der Waals surface area contributed by atoms with Crippen LogP contribution in [0.1, 0.15) is 51.0 Å². The normalized spacial score (nSPS) is 33.8. The quantitative estimate of drug-likeness (QED) is 0.448. The van der Waals surface area contributed by atoms with E-state index in [0.29, 0.717) is 30.8 Å². The van der Waals surface area contributed by atoms with Crippen molar-refractivity contribution in [3.05, 3.63) is 48.6 Å². The molecule has 4 unspecified atom stereocenters. The zero-order chi connectivity index (χ0) is 21.3. The van der Waals surface area contributed by atoms with Gasteiger partial charge in [-0.05, 0) is 0 Å². The first-order valence-electron chi connectivity index (χ1n) is 11.4. The van der Waals surface area contributed by atoms with Crippen molar-refractivity contribution in [3.8, 4) is 0 Å². The van der Waals surface area contributed by atoms with Crippen LogP contribution in [0.2, 0.25) is 0 Å². The third-order valence-corrected chi connectivity index (χ3v) is 7.92. The Labute approximate surface area is 181 Å². The molecule has 4 nitrogen and oxygen atoms in total. The van der Waals surface area contributed by atoms with E-state index in [9.17, 15) is 9.90 Å². The second-order valence-electron chi connectivity index (χ2n) is 9.63. The number of carbonyl (C=O) groups excluding carboxylic acids is 1. The molecule has 3 aliphatic rings. The zero-order valence-electron chi connectivity index (χ0n) is 18.0. The van der Waals surface area contributed by atoms with Crippen LogP contribution in [0.25, 0.3) is 0 Å². The number of rotatable bonds is 6. The molecule has 0 amide bonds. The molecule has 1 aromatic rings. The molecule has 3 fully saturated rings. The summed E-state index contributed by atoms with van der Waals surface area (Å²) in [7, 11) is 6.67. The molecule has 1 N–H and O–H groups in total. The van der Waals surface area contributed by atoms with Crippen LogP contribution >= 0.6 is 0 Å². The van der Waals surface area contributed by atoms with Gasteiger partial charge in [-0.15, -0.1) is 0 Å². The Bertz CT molecular complexity index is 791. The van der Waals surface area contributed by atoms with E-state index < -0.39 is 0 Å². The monoisotopic (exact) mass is 406 g/mol. The van der Waals surface area contributed by atoms with E-state index in [0.717, 1.165) is 44.1 Å². The minimum atomic E-state index is -0.372. The summed E-state index contributed by atoms with van der Waals surface area (Å²) in [6.45, 7) is 6.96. The van der Waals surface area contributed by atoms with E-state index in [-0.39, 0.29) is 23.6 Å². The van der Waals surface area contributed by atoms with Crippen molar-refractivity contribution in [2.45, 2.75) is 63.1 Å². The van der Waals surface area contributed by atoms with Crippen molar-refractivity contribution in [2.24, 2.45) is 17.8 Å². The van der Waals surface area contributed by atoms with E-state index >= 15 is 0 Å². The van der Waals surface area contributed by atoms with Gasteiger partial charge in [0.25, 0.3) is 0 Å². The predicted octanol–water partition coefficient (Wildman–Crippen LogP) is 3.23. The van der Waals surface area contributed by atoms with Crippen molar-refractivity contribution < 1.29 is 14.6 Å². The number of aliphatic hydroxyl groups is 1. The van der Waals surface area contributed by atoms with Crippen LogP contribution in [-0.4, -0.2) is 54.3 Å². The molecule has 5 atom stereocenters. The van der Waals surface area contributed by atoms with Gasteiger partial charge in [-0.1, -0.05) is 0 Å². The van der Waals surface area contributed by atoms with Crippen LogP contribution in [-0.2, 0) is 14.9 Å². The van der Waals surface area contributed by atoms with Gasteiger partial charge < -0.3 is 0 Å². The van der Waals surface area contributed by atoms with Gasteiger partial charge in [-0.25, -0.2) is 0 Å². The molecule has 1 aromatic carbocycles. The van der Waals surface area contributed by atoms with Crippen molar-refractivity contribution in [2.75, 3.05) is 13.1 Å². The van der Waals surface area contributed by atoms with Gasteiger partial charge in [0.1, 0.15) is 0 Å². The van der Waals surface area contributed by atoms with Crippen molar-refractivity contribution >= 4 is 19.0 Å². The Hall–Kier alpha value is -1.88. The average molecular weight is 406 g/mol. The number of fused-ring (bicyclic) bond motifs is 2. The number of ether oxygens (including phenoxy) is 1. The summed E-state index contributed by atoms with van der Waals surface area (Å²) >= 11 is 0. The van der Waals surface area contributed by atoms with E-state index in [4.69, 9.17) is 12.2 Å². The molecule has 1 radical (unpaired) electrons. The van der Waals surface area contributed by atoms with E-state index in [1.54, 1.807) is 0 Å². The summed E-state index contributed by atoms with van der Waals surface area (Å²) in [6.07, 6.45) is 7.12. The molecule has 1 heterocycles. The molecular weight excluding hydrogens is 373 g/mol. The third-order valence-electron chi connectivity index (χ3n) is 7.92. The first-order chi connectivity index (χ1) is 14.4. The molecule has 30 heavy (non-hydrogen) atoms. The fourth-order valence-corrected chi connectivity index (χ4v) is 6.03. The number of hydrogen-bond donors (Lipinski definition) is 1. The maximum atomic E-state index is 11.4. The Morgan fingerprint density at radius 3 is 2.73 bits per heavy atom. The van der Waals surface area contributed by atoms with Gasteiger partial charge in [0.05, 0.1) is 0 Å². The second kappa shape index (κ2) is 8.70. The molecule has 4 rings (SSSR count). The van der Waals surface area contributed by atoms with Crippen molar-refractivity contribution in [1.82, 2.24) is 4.90 Å². The number of nitrogens with zero attached hydrogens (tertiary/aromatic N) is 1. The number of aliphatic hydroxyl groups excluding tert-OH is 1. The van der Waals surface area contributed by atoms with Crippen LogP contribution in [0.3, 0.4) is 0 Å². The molecule has 159 valence electrons. The summed E-state index contributed by atoms with van der Waals surface area (Å²) in [5.74, 6) is 0.871. The van der Waals surface area contributed by atoms with Gasteiger partial charge in [-0.2, -0.15) is 0 Å². The summed E-state index contributed by atoms with van der Waals surface area (Å²) in [5.41, 5.74) is 2.26. The van der Waals surface area contributed by atoms with E-state index in [1.165, 1.54) is 11.6 Å². The molecule has 2 bridgehead atoms. The second-order valence-corrected chi connectivity index (χ2v) is 9.63. The van der Waals surface area contributed by atoms with Gasteiger partial charge in [0.15, 0.2) is 0 Å². The van der Waals surface area contributed by atoms with Gasteiger partial charge in [0, 0.05) is 0 Å². The molecule has 1 aliphatic heterocycles. The maximum absolute atomic E-state index is 11.4. The fraction of sp³-hybridized carbons (Fsp3) is 0.600. The van der Waals surface area contributed by atoms with Crippen LogP contribution in [0, 0.1) is 17.8 Å². The van der Waals surface area contributed by atoms with Crippen LogP contribution in [0.15, 0.2) is 43.0 Å². The van der Waals surface area contributed by atoms with Gasteiger partial charge in [0.2, 0.25) is 0 Å². The predicted molar refractivity (Wildman–Crippen MR) is 120 cm³/mol. The molecule has 0 spiro atoms. The third kappa shape index (κ3) is 4.01. The Morgan fingerprint density at radius 1 is 1.30 bits per heavy atom. The van der Waals surface area contributed by atoms with Crippen LogP contribution in [0.4, 0.5) is 0 Å². The molecule has 1 saturated heterocycles. The number of esters is 1. The average Bonchev–Trinajstić information content (AvgIpc) is 3.23. The fourth-order valence-electron chi connectivity index (χ4n) is 6.03.